The van der Waals surface area contributed by atoms with Crippen molar-refractivity contribution in [2.75, 3.05) is 6.54 Å². The Balaban J connectivity index is 1.59. The summed E-state index contributed by atoms with van der Waals surface area (Å²) in [7, 11) is 0. The van der Waals surface area contributed by atoms with Gasteiger partial charge in [0.2, 0.25) is 5.91 Å². The molecular weight excluding hydrogens is 337 g/mol. The van der Waals surface area contributed by atoms with Crippen molar-refractivity contribution < 1.29 is 4.79 Å². The number of fused-ring (bicyclic) bond motifs is 1. The van der Waals surface area contributed by atoms with Gasteiger partial charge >= 0.3 is 0 Å². The first-order valence-corrected chi connectivity index (χ1v) is 8.38. The summed E-state index contributed by atoms with van der Waals surface area (Å²) in [6.45, 7) is 1.28. The smallest absolute Gasteiger partial charge is 0.230 e. The number of halogens is 2. The van der Waals surface area contributed by atoms with Crippen LogP contribution in [-0.4, -0.2) is 32.7 Å². The van der Waals surface area contributed by atoms with Gasteiger partial charge in [0, 0.05) is 23.1 Å². The molecule has 8 heteroatoms. The first-order chi connectivity index (χ1) is 11.1. The lowest BCUT2D eigenvalue weighted by atomic mass is 10.0. The Labute approximate surface area is 144 Å². The number of aromatic nitrogens is 4. The van der Waals surface area contributed by atoms with Crippen molar-refractivity contribution in [3.05, 3.63) is 39.6 Å². The highest BCUT2D eigenvalue weighted by Gasteiger charge is 2.28. The highest BCUT2D eigenvalue weighted by atomic mass is 35.5. The molecule has 23 heavy (non-hydrogen) atoms. The van der Waals surface area contributed by atoms with Gasteiger partial charge in [0.1, 0.15) is 0 Å². The molecule has 2 heterocycles. The molecule has 3 rings (SSSR count). The molecule has 1 N–H and O–H groups in total. The second kappa shape index (κ2) is 7.27. The summed E-state index contributed by atoms with van der Waals surface area (Å²) >= 11 is 12.0. The van der Waals surface area contributed by atoms with Gasteiger partial charge in [0.25, 0.3) is 0 Å². The van der Waals surface area contributed by atoms with E-state index in [4.69, 9.17) is 23.2 Å². The molecule has 0 fully saturated rings. The number of rotatable bonds is 4. The fourth-order valence-electron chi connectivity index (χ4n) is 2.78. The van der Waals surface area contributed by atoms with Gasteiger partial charge in [-0.2, -0.15) is 0 Å². The zero-order valence-electron chi connectivity index (χ0n) is 12.5. The number of carbonyl (C=O) groups excluding carboxylic acids is 1. The Morgan fingerprint density at radius 3 is 3.04 bits per heavy atom. The number of aryl methyl sites for hydroxylation is 1. The molecule has 1 atom stereocenters. The van der Waals surface area contributed by atoms with E-state index in [0.29, 0.717) is 28.8 Å². The van der Waals surface area contributed by atoms with Gasteiger partial charge in [-0.1, -0.05) is 35.7 Å². The van der Waals surface area contributed by atoms with Gasteiger partial charge < -0.3 is 5.32 Å². The first-order valence-electron chi connectivity index (χ1n) is 7.63. The number of amides is 1. The third-order valence-corrected chi connectivity index (χ3v) is 4.60. The normalized spacial score (nSPS) is 17.4. The van der Waals surface area contributed by atoms with E-state index in [1.807, 2.05) is 6.07 Å². The largest absolute Gasteiger partial charge is 0.355 e. The average Bonchev–Trinajstić information content (AvgIpc) is 2.88. The Morgan fingerprint density at radius 1 is 1.35 bits per heavy atom. The molecule has 0 aliphatic carbocycles. The monoisotopic (exact) mass is 353 g/mol. The van der Waals surface area contributed by atoms with Crippen LogP contribution in [0.4, 0.5) is 0 Å². The van der Waals surface area contributed by atoms with Gasteiger partial charge in [-0.05, 0) is 47.4 Å². The summed E-state index contributed by atoms with van der Waals surface area (Å²) in [5, 5.41) is 15.8. The number of hydrogen-bond donors (Lipinski definition) is 1. The number of nitrogens with zero attached hydrogens (tertiary/aromatic N) is 4. The second-order valence-electron chi connectivity index (χ2n) is 5.59. The van der Waals surface area contributed by atoms with Crippen molar-refractivity contribution in [2.24, 2.45) is 0 Å². The van der Waals surface area contributed by atoms with Crippen molar-refractivity contribution in [3.63, 3.8) is 0 Å². The molecule has 1 aliphatic heterocycles. The van der Waals surface area contributed by atoms with Crippen LogP contribution >= 0.6 is 23.2 Å². The van der Waals surface area contributed by atoms with Crippen LogP contribution in [0.1, 0.15) is 36.6 Å². The average molecular weight is 354 g/mol. The third-order valence-electron chi connectivity index (χ3n) is 4.01. The lowest BCUT2D eigenvalue weighted by Gasteiger charge is -2.13. The molecule has 0 saturated carbocycles. The molecule has 0 spiro atoms. The second-order valence-corrected chi connectivity index (χ2v) is 6.43. The fraction of sp³-hybridized carbons (Fsp3) is 0.467. The minimum atomic E-state index is -0.284. The van der Waals surface area contributed by atoms with Crippen LogP contribution in [0, 0.1) is 0 Å². The number of tetrazole rings is 1. The molecule has 6 nitrogen and oxygen atoms in total. The molecule has 0 bridgehead atoms. The van der Waals surface area contributed by atoms with Gasteiger partial charge in [-0.15, -0.1) is 5.10 Å². The summed E-state index contributed by atoms with van der Waals surface area (Å²) in [6.07, 6.45) is 3.39. The molecule has 0 unspecified atom stereocenters. The minimum Gasteiger partial charge on any atom is -0.355 e. The number of nitrogens with one attached hydrogen (secondary N) is 1. The number of carbonyl (C=O) groups is 1. The maximum atomic E-state index is 12.5. The summed E-state index contributed by atoms with van der Waals surface area (Å²) in [5.74, 6) is 0.339. The molecule has 0 saturated heterocycles. The maximum absolute atomic E-state index is 12.5. The molecule has 0 radical (unpaired) electrons. The lowest BCUT2D eigenvalue weighted by molar-refractivity contribution is -0.122. The SMILES string of the molecule is O=C(NCCc1ccc(Cl)cc1Cl)[C@@H]1CCCCn2nnnc21. The fourth-order valence-corrected chi connectivity index (χ4v) is 3.28. The van der Waals surface area contributed by atoms with Crippen LogP contribution in [-0.2, 0) is 17.8 Å². The minimum absolute atomic E-state index is 0.0342. The van der Waals surface area contributed by atoms with Gasteiger partial charge in [-0.3, -0.25) is 4.79 Å². The first kappa shape index (κ1) is 16.2. The van der Waals surface area contributed by atoms with Crippen LogP contribution in [0.3, 0.4) is 0 Å². The molecule has 1 aromatic carbocycles. The molecule has 1 aromatic heterocycles. The van der Waals surface area contributed by atoms with Gasteiger partial charge in [0.15, 0.2) is 5.82 Å². The summed E-state index contributed by atoms with van der Waals surface area (Å²) in [4.78, 5) is 12.5. The molecule has 122 valence electrons. The van der Waals surface area contributed by atoms with Crippen molar-refractivity contribution >= 4 is 29.1 Å². The van der Waals surface area contributed by atoms with Crippen molar-refractivity contribution in [3.8, 4) is 0 Å². The highest BCUT2D eigenvalue weighted by molar-refractivity contribution is 6.35. The molecule has 2 aromatic rings. The predicted octanol–water partition coefficient (Wildman–Crippen LogP) is 2.61. The Morgan fingerprint density at radius 2 is 2.22 bits per heavy atom. The van der Waals surface area contributed by atoms with E-state index >= 15 is 0 Å². The van der Waals surface area contributed by atoms with Gasteiger partial charge in [0.05, 0.1) is 5.92 Å². The van der Waals surface area contributed by atoms with Crippen molar-refractivity contribution in [2.45, 2.75) is 38.1 Å². The topological polar surface area (TPSA) is 72.7 Å². The van der Waals surface area contributed by atoms with E-state index in [-0.39, 0.29) is 11.8 Å². The Hall–Kier alpha value is -1.66. The zero-order chi connectivity index (χ0) is 16.2. The van der Waals surface area contributed by atoms with E-state index in [2.05, 4.69) is 20.8 Å². The van der Waals surface area contributed by atoms with E-state index in [9.17, 15) is 4.79 Å². The van der Waals surface area contributed by atoms with E-state index in [1.54, 1.807) is 16.8 Å². The molecule has 1 amide bonds. The van der Waals surface area contributed by atoms with Crippen LogP contribution in [0.25, 0.3) is 0 Å². The van der Waals surface area contributed by atoms with Crippen LogP contribution in [0.15, 0.2) is 18.2 Å². The summed E-state index contributed by atoms with van der Waals surface area (Å²) < 4.78 is 1.73. The van der Waals surface area contributed by atoms with E-state index in [0.717, 1.165) is 31.4 Å². The highest BCUT2D eigenvalue weighted by Crippen LogP contribution is 2.24. The Kier molecular flexibility index (Phi) is 5.13. The number of benzene rings is 1. The van der Waals surface area contributed by atoms with E-state index in [1.165, 1.54) is 0 Å². The van der Waals surface area contributed by atoms with E-state index < -0.39 is 0 Å². The van der Waals surface area contributed by atoms with Crippen LogP contribution in [0.2, 0.25) is 10.0 Å². The molecular formula is C15H17Cl2N5O. The quantitative estimate of drug-likeness (QED) is 0.916. The number of hydrogen-bond acceptors (Lipinski definition) is 4. The molecule has 1 aliphatic rings. The van der Waals surface area contributed by atoms with Gasteiger partial charge in [-0.25, -0.2) is 4.68 Å². The van der Waals surface area contributed by atoms with Crippen LogP contribution < -0.4 is 5.32 Å². The van der Waals surface area contributed by atoms with Crippen molar-refractivity contribution in [1.82, 2.24) is 25.5 Å². The predicted molar refractivity (Wildman–Crippen MR) is 87.6 cm³/mol. The van der Waals surface area contributed by atoms with Crippen molar-refractivity contribution in [1.29, 1.82) is 0 Å². The third kappa shape index (κ3) is 3.82. The van der Waals surface area contributed by atoms with Crippen LogP contribution in [0.5, 0.6) is 0 Å². The standard InChI is InChI=1S/C15H17Cl2N5O/c16-11-5-4-10(13(17)9-11)6-7-18-15(23)12-3-1-2-8-22-14(12)19-20-21-22/h4-5,9,12H,1-3,6-8H2,(H,18,23)/t12-/m1/s1. The summed E-state index contributed by atoms with van der Waals surface area (Å²) in [6, 6.07) is 5.38. The zero-order valence-corrected chi connectivity index (χ0v) is 14.0. The summed E-state index contributed by atoms with van der Waals surface area (Å²) in [5.41, 5.74) is 0.960. The Bertz CT molecular complexity index is 703. The lowest BCUT2D eigenvalue weighted by Crippen LogP contribution is -2.32. The maximum Gasteiger partial charge on any atom is 0.230 e.